The van der Waals surface area contributed by atoms with Gasteiger partial charge in [0.1, 0.15) is 23.4 Å². The van der Waals surface area contributed by atoms with Crippen LogP contribution in [0.1, 0.15) is 35.1 Å². The average Bonchev–Trinajstić information content (AvgIpc) is 2.73. The Morgan fingerprint density at radius 3 is 2.30 bits per heavy atom. The van der Waals surface area contributed by atoms with Crippen LogP contribution in [0.15, 0.2) is 71.2 Å². The second-order valence-electron chi connectivity index (χ2n) is 6.95. The highest BCUT2D eigenvalue weighted by Crippen LogP contribution is 2.48. The van der Waals surface area contributed by atoms with E-state index in [9.17, 15) is 13.2 Å². The molecule has 0 unspecified atom stereocenters. The van der Waals surface area contributed by atoms with E-state index in [4.69, 9.17) is 9.47 Å². The average molecular weight is 479 g/mol. The molecule has 30 heavy (non-hydrogen) atoms. The molecule has 0 amide bonds. The van der Waals surface area contributed by atoms with Gasteiger partial charge in [-0.3, -0.25) is 0 Å². The van der Waals surface area contributed by atoms with Gasteiger partial charge in [0.05, 0.1) is 11.6 Å². The molecule has 3 aromatic carbocycles. The summed E-state index contributed by atoms with van der Waals surface area (Å²) >= 11 is 3.51. The van der Waals surface area contributed by atoms with Gasteiger partial charge in [0.15, 0.2) is 0 Å². The summed E-state index contributed by atoms with van der Waals surface area (Å²) in [4.78, 5) is 0. The zero-order chi connectivity index (χ0) is 21.3. The Bertz CT molecular complexity index is 1020. The molecule has 0 saturated carbocycles. The predicted molar refractivity (Wildman–Crippen MR) is 110 cm³/mol. The number of hydrogen-bond donors (Lipinski definition) is 0. The lowest BCUT2D eigenvalue weighted by molar-refractivity contribution is -0.274. The minimum Gasteiger partial charge on any atom is -0.495 e. The third-order valence-electron chi connectivity index (χ3n) is 5.07. The van der Waals surface area contributed by atoms with Crippen LogP contribution in [0.2, 0.25) is 0 Å². The van der Waals surface area contributed by atoms with Gasteiger partial charge in [-0.1, -0.05) is 42.5 Å². The van der Waals surface area contributed by atoms with E-state index in [1.807, 2.05) is 42.5 Å². The molecule has 0 N–H and O–H groups in total. The van der Waals surface area contributed by atoms with Gasteiger partial charge >= 0.3 is 6.36 Å². The summed E-state index contributed by atoms with van der Waals surface area (Å²) in [7, 11) is 1.58. The van der Waals surface area contributed by atoms with Gasteiger partial charge in [-0.15, -0.1) is 13.2 Å². The van der Waals surface area contributed by atoms with Crippen LogP contribution < -0.4 is 14.2 Å². The molecule has 1 heterocycles. The first-order valence-corrected chi connectivity index (χ1v) is 10.1. The number of hydrogen-bond acceptors (Lipinski definition) is 3. The number of benzene rings is 3. The standard InChI is InChI=1S/C23H18BrF3O3/c1-28-22-13-21-18(11-19(22)24)17(12-20(29-21)15-5-3-2-4-6-15)14-7-9-16(10-8-14)30-23(25,26)27/h2-11,13,17,20H,12H2,1H3/t17-,20+/m1/s1. The molecule has 156 valence electrons. The van der Waals surface area contributed by atoms with Crippen LogP contribution >= 0.6 is 15.9 Å². The van der Waals surface area contributed by atoms with Crippen LogP contribution in [0, 0.1) is 0 Å². The van der Waals surface area contributed by atoms with Crippen LogP contribution in [-0.2, 0) is 0 Å². The Morgan fingerprint density at radius 1 is 0.967 bits per heavy atom. The number of fused-ring (bicyclic) bond motifs is 1. The topological polar surface area (TPSA) is 27.7 Å². The Hall–Kier alpha value is -2.67. The molecule has 3 nitrogen and oxygen atoms in total. The van der Waals surface area contributed by atoms with Crippen molar-refractivity contribution < 1.29 is 27.4 Å². The van der Waals surface area contributed by atoms with Crippen molar-refractivity contribution in [2.24, 2.45) is 0 Å². The van der Waals surface area contributed by atoms with Gasteiger partial charge in [0, 0.05) is 17.5 Å². The summed E-state index contributed by atoms with van der Waals surface area (Å²) in [6.45, 7) is 0. The summed E-state index contributed by atoms with van der Waals surface area (Å²) in [6, 6.07) is 19.7. The van der Waals surface area contributed by atoms with Crippen LogP contribution in [-0.4, -0.2) is 13.5 Å². The fraction of sp³-hybridized carbons (Fsp3) is 0.217. The van der Waals surface area contributed by atoms with E-state index in [2.05, 4.69) is 20.7 Å². The van der Waals surface area contributed by atoms with Gasteiger partial charge in [-0.05, 0) is 51.7 Å². The summed E-state index contributed by atoms with van der Waals surface area (Å²) in [5.41, 5.74) is 2.86. The maximum Gasteiger partial charge on any atom is 0.573 e. The molecule has 1 aliphatic heterocycles. The molecule has 4 rings (SSSR count). The number of ether oxygens (including phenoxy) is 3. The quantitative estimate of drug-likeness (QED) is 0.403. The van der Waals surface area contributed by atoms with Crippen molar-refractivity contribution in [3.05, 3.63) is 87.9 Å². The largest absolute Gasteiger partial charge is 0.573 e. The first-order valence-electron chi connectivity index (χ1n) is 9.29. The third-order valence-corrected chi connectivity index (χ3v) is 5.69. The molecule has 1 aliphatic rings. The third kappa shape index (κ3) is 4.41. The van der Waals surface area contributed by atoms with E-state index in [1.165, 1.54) is 12.1 Å². The van der Waals surface area contributed by atoms with Crippen LogP contribution in [0.3, 0.4) is 0 Å². The van der Waals surface area contributed by atoms with E-state index in [1.54, 1.807) is 19.2 Å². The van der Waals surface area contributed by atoms with Crippen molar-refractivity contribution in [2.45, 2.75) is 24.8 Å². The van der Waals surface area contributed by atoms with Crippen molar-refractivity contribution >= 4 is 15.9 Å². The Labute approximate surface area is 180 Å². The molecule has 0 saturated heterocycles. The predicted octanol–water partition coefficient (Wildman–Crippen LogP) is 7.01. The molecular formula is C23H18BrF3O3. The number of alkyl halides is 3. The number of rotatable bonds is 4. The summed E-state index contributed by atoms with van der Waals surface area (Å²) in [6.07, 6.45) is -4.26. The SMILES string of the molecule is COc1cc2c(cc1Br)[C@@H](c1ccc(OC(F)(F)F)cc1)C[C@@H](c1ccccc1)O2. The van der Waals surface area contributed by atoms with Crippen LogP contribution in [0.25, 0.3) is 0 Å². The first kappa shape index (κ1) is 20.6. The molecule has 2 atom stereocenters. The molecule has 0 fully saturated rings. The lowest BCUT2D eigenvalue weighted by Gasteiger charge is -2.33. The lowest BCUT2D eigenvalue weighted by atomic mass is 9.82. The normalized spacial score (nSPS) is 18.3. The summed E-state index contributed by atoms with van der Waals surface area (Å²) in [5.74, 6) is 1.03. The molecule has 0 aliphatic carbocycles. The highest BCUT2D eigenvalue weighted by molar-refractivity contribution is 9.10. The highest BCUT2D eigenvalue weighted by Gasteiger charge is 2.33. The minimum atomic E-state index is -4.72. The van der Waals surface area contributed by atoms with E-state index in [-0.39, 0.29) is 17.8 Å². The molecule has 0 spiro atoms. The van der Waals surface area contributed by atoms with Gasteiger partial charge in [-0.2, -0.15) is 0 Å². The van der Waals surface area contributed by atoms with E-state index in [0.29, 0.717) is 17.9 Å². The van der Waals surface area contributed by atoms with Gasteiger partial charge in [-0.25, -0.2) is 0 Å². The van der Waals surface area contributed by atoms with Crippen molar-refractivity contribution in [3.63, 3.8) is 0 Å². The van der Waals surface area contributed by atoms with Gasteiger partial charge in [0.25, 0.3) is 0 Å². The smallest absolute Gasteiger partial charge is 0.495 e. The molecule has 0 aromatic heterocycles. The zero-order valence-corrected chi connectivity index (χ0v) is 17.5. The van der Waals surface area contributed by atoms with E-state index in [0.717, 1.165) is 21.2 Å². The van der Waals surface area contributed by atoms with Crippen molar-refractivity contribution in [1.29, 1.82) is 0 Å². The Kier molecular flexibility index (Phi) is 5.64. The second-order valence-corrected chi connectivity index (χ2v) is 7.80. The fourth-order valence-corrected chi connectivity index (χ4v) is 4.24. The second kappa shape index (κ2) is 8.22. The van der Waals surface area contributed by atoms with E-state index < -0.39 is 6.36 Å². The van der Waals surface area contributed by atoms with Crippen LogP contribution in [0.4, 0.5) is 13.2 Å². The number of methoxy groups -OCH3 is 1. The van der Waals surface area contributed by atoms with Gasteiger partial charge in [0.2, 0.25) is 0 Å². The van der Waals surface area contributed by atoms with E-state index >= 15 is 0 Å². The highest BCUT2D eigenvalue weighted by atomic mass is 79.9. The summed E-state index contributed by atoms with van der Waals surface area (Å²) < 4.78 is 54.0. The molecule has 7 heteroatoms. The molecule has 3 aromatic rings. The van der Waals surface area contributed by atoms with Crippen molar-refractivity contribution in [2.75, 3.05) is 7.11 Å². The minimum absolute atomic E-state index is 0.0684. The lowest BCUT2D eigenvalue weighted by Crippen LogP contribution is -2.20. The monoisotopic (exact) mass is 478 g/mol. The van der Waals surface area contributed by atoms with Crippen LogP contribution in [0.5, 0.6) is 17.2 Å². The first-order chi connectivity index (χ1) is 14.3. The van der Waals surface area contributed by atoms with Crippen molar-refractivity contribution in [3.8, 4) is 17.2 Å². The Morgan fingerprint density at radius 2 is 1.67 bits per heavy atom. The molecule has 0 radical (unpaired) electrons. The Balaban J connectivity index is 1.73. The number of halogens is 4. The zero-order valence-electron chi connectivity index (χ0n) is 15.9. The molecular weight excluding hydrogens is 461 g/mol. The molecule has 0 bridgehead atoms. The van der Waals surface area contributed by atoms with Gasteiger partial charge < -0.3 is 14.2 Å². The fourth-order valence-electron chi connectivity index (χ4n) is 3.71. The maximum atomic E-state index is 12.5. The maximum absolute atomic E-state index is 12.5. The summed E-state index contributed by atoms with van der Waals surface area (Å²) in [5, 5.41) is 0. The van der Waals surface area contributed by atoms with Crippen molar-refractivity contribution in [1.82, 2.24) is 0 Å².